The summed E-state index contributed by atoms with van der Waals surface area (Å²) in [4.78, 5) is 2.21. The molecule has 0 bridgehead atoms. The second-order valence-electron chi connectivity index (χ2n) is 5.59. The number of hydrogen-bond donors (Lipinski definition) is 2. The molecular weight excluding hydrogens is 278 g/mol. The topological polar surface area (TPSA) is 52.9 Å². The molecule has 2 N–H and O–H groups in total. The number of para-hydroxylation sites is 1. The molecule has 0 aromatic heterocycles. The Kier molecular flexibility index (Phi) is 4.32. The van der Waals surface area contributed by atoms with Crippen LogP contribution in [0.1, 0.15) is 22.7 Å². The largest absolute Gasteiger partial charge is 0.504 e. The van der Waals surface area contributed by atoms with E-state index >= 15 is 0 Å². The van der Waals surface area contributed by atoms with Crippen LogP contribution in [0.4, 0.5) is 0 Å². The minimum absolute atomic E-state index is 0.0319. The van der Waals surface area contributed by atoms with Crippen molar-refractivity contribution in [2.24, 2.45) is 0 Å². The molecule has 22 heavy (non-hydrogen) atoms. The van der Waals surface area contributed by atoms with Crippen molar-refractivity contribution in [2.45, 2.75) is 19.0 Å². The lowest BCUT2D eigenvalue weighted by Gasteiger charge is -2.36. The number of rotatable bonds is 4. The summed E-state index contributed by atoms with van der Waals surface area (Å²) < 4.78 is 5.17. The normalized spacial score (nSPS) is 18.0. The first-order valence-electron chi connectivity index (χ1n) is 7.52. The number of phenolic OH excluding ortho intramolecular Hbond substituents is 1. The number of hydrogen-bond acceptors (Lipinski definition) is 4. The van der Waals surface area contributed by atoms with E-state index in [0.717, 1.165) is 18.5 Å². The van der Waals surface area contributed by atoms with Crippen molar-refractivity contribution in [3.8, 4) is 11.5 Å². The zero-order valence-corrected chi connectivity index (χ0v) is 12.7. The fourth-order valence-electron chi connectivity index (χ4n) is 3.19. The fourth-order valence-corrected chi connectivity index (χ4v) is 3.19. The molecule has 1 atom stereocenters. The molecule has 1 aliphatic rings. The first-order valence-corrected chi connectivity index (χ1v) is 7.52. The Hall–Kier alpha value is -2.04. The van der Waals surface area contributed by atoms with Gasteiger partial charge >= 0.3 is 0 Å². The van der Waals surface area contributed by atoms with Crippen LogP contribution in [0, 0.1) is 0 Å². The van der Waals surface area contributed by atoms with E-state index in [1.807, 2.05) is 24.3 Å². The van der Waals surface area contributed by atoms with Gasteiger partial charge in [0, 0.05) is 18.7 Å². The summed E-state index contributed by atoms with van der Waals surface area (Å²) in [7, 11) is 1.55. The quantitative estimate of drug-likeness (QED) is 0.911. The summed E-state index contributed by atoms with van der Waals surface area (Å²) in [5.41, 5.74) is 3.29. The molecule has 116 valence electrons. The molecule has 3 rings (SSSR count). The molecule has 0 radical (unpaired) electrons. The van der Waals surface area contributed by atoms with Gasteiger partial charge < -0.3 is 14.9 Å². The number of benzene rings is 2. The van der Waals surface area contributed by atoms with Crippen molar-refractivity contribution in [1.82, 2.24) is 4.90 Å². The molecule has 4 nitrogen and oxygen atoms in total. The number of phenols is 1. The van der Waals surface area contributed by atoms with Gasteiger partial charge in [-0.05, 0) is 23.6 Å². The number of ether oxygens (including phenoxy) is 1. The number of nitrogens with zero attached hydrogens (tertiary/aromatic N) is 1. The summed E-state index contributed by atoms with van der Waals surface area (Å²) in [5, 5.41) is 20.1. The van der Waals surface area contributed by atoms with E-state index in [2.05, 4.69) is 17.0 Å². The summed E-state index contributed by atoms with van der Waals surface area (Å²) in [6, 6.07) is 13.7. The van der Waals surface area contributed by atoms with Gasteiger partial charge in [-0.3, -0.25) is 4.90 Å². The van der Waals surface area contributed by atoms with Crippen LogP contribution in [-0.4, -0.2) is 35.4 Å². The lowest BCUT2D eigenvalue weighted by atomic mass is 9.92. The zero-order chi connectivity index (χ0) is 15.5. The van der Waals surface area contributed by atoms with Crippen LogP contribution in [-0.2, 0) is 13.0 Å². The molecule has 1 heterocycles. The number of aromatic hydroxyl groups is 1. The molecule has 0 amide bonds. The Labute approximate surface area is 130 Å². The Balaban J connectivity index is 1.87. The molecule has 1 unspecified atom stereocenters. The summed E-state index contributed by atoms with van der Waals surface area (Å²) in [6.45, 7) is 1.52. The third kappa shape index (κ3) is 2.67. The van der Waals surface area contributed by atoms with Crippen molar-refractivity contribution >= 4 is 0 Å². The molecule has 2 aromatic carbocycles. The van der Waals surface area contributed by atoms with Gasteiger partial charge in [-0.1, -0.05) is 36.4 Å². The zero-order valence-electron chi connectivity index (χ0n) is 12.7. The van der Waals surface area contributed by atoms with Crippen LogP contribution >= 0.6 is 0 Å². The van der Waals surface area contributed by atoms with Crippen LogP contribution in [0.3, 0.4) is 0 Å². The van der Waals surface area contributed by atoms with Gasteiger partial charge in [0.25, 0.3) is 0 Å². The van der Waals surface area contributed by atoms with Crippen LogP contribution in [0.25, 0.3) is 0 Å². The number of methoxy groups -OCH3 is 1. The van der Waals surface area contributed by atoms with Crippen LogP contribution in [0.2, 0.25) is 0 Å². The average molecular weight is 299 g/mol. The third-order valence-electron chi connectivity index (χ3n) is 4.37. The van der Waals surface area contributed by atoms with Gasteiger partial charge in [-0.2, -0.15) is 0 Å². The third-order valence-corrected chi connectivity index (χ3v) is 4.37. The molecule has 2 aromatic rings. The smallest absolute Gasteiger partial charge is 0.162 e. The van der Waals surface area contributed by atoms with Gasteiger partial charge in [-0.25, -0.2) is 0 Å². The van der Waals surface area contributed by atoms with Crippen LogP contribution in [0.15, 0.2) is 42.5 Å². The Morgan fingerprint density at radius 2 is 2.00 bits per heavy atom. The molecule has 0 spiro atoms. The SMILES string of the molecule is COc1cccc(CN2CCc3ccccc3C2CO)c1O. The lowest BCUT2D eigenvalue weighted by Crippen LogP contribution is -2.36. The fraction of sp³-hybridized carbons (Fsp3) is 0.333. The molecule has 0 fully saturated rings. The predicted octanol–water partition coefficient (Wildman–Crippen LogP) is 2.49. The van der Waals surface area contributed by atoms with E-state index in [0.29, 0.717) is 12.3 Å². The molecular formula is C18H21NO3. The summed E-state index contributed by atoms with van der Waals surface area (Å²) in [6.07, 6.45) is 0.956. The van der Waals surface area contributed by atoms with Crippen LogP contribution < -0.4 is 4.74 Å². The Morgan fingerprint density at radius 1 is 1.18 bits per heavy atom. The Morgan fingerprint density at radius 3 is 2.77 bits per heavy atom. The summed E-state index contributed by atoms with van der Waals surface area (Å²) >= 11 is 0. The number of aliphatic hydroxyl groups is 1. The second kappa shape index (κ2) is 6.38. The highest BCUT2D eigenvalue weighted by Gasteiger charge is 2.27. The Bertz CT molecular complexity index is 657. The number of fused-ring (bicyclic) bond motifs is 1. The van der Waals surface area contributed by atoms with Gasteiger partial charge in [-0.15, -0.1) is 0 Å². The molecule has 1 aliphatic heterocycles. The van der Waals surface area contributed by atoms with E-state index in [-0.39, 0.29) is 18.4 Å². The van der Waals surface area contributed by atoms with Gasteiger partial charge in [0.05, 0.1) is 19.8 Å². The number of aliphatic hydroxyl groups excluding tert-OH is 1. The minimum Gasteiger partial charge on any atom is -0.504 e. The molecule has 0 saturated carbocycles. The maximum atomic E-state index is 10.3. The maximum absolute atomic E-state index is 10.3. The highest BCUT2D eigenvalue weighted by atomic mass is 16.5. The van der Waals surface area contributed by atoms with Crippen molar-refractivity contribution in [2.75, 3.05) is 20.3 Å². The van der Waals surface area contributed by atoms with E-state index < -0.39 is 0 Å². The highest BCUT2D eigenvalue weighted by Crippen LogP contribution is 2.34. The van der Waals surface area contributed by atoms with Gasteiger partial charge in [0.1, 0.15) is 0 Å². The van der Waals surface area contributed by atoms with Crippen molar-refractivity contribution in [3.63, 3.8) is 0 Å². The van der Waals surface area contributed by atoms with E-state index in [9.17, 15) is 10.2 Å². The summed E-state index contributed by atoms with van der Waals surface area (Å²) in [5.74, 6) is 0.663. The van der Waals surface area contributed by atoms with E-state index in [1.54, 1.807) is 13.2 Å². The molecule has 0 aliphatic carbocycles. The monoisotopic (exact) mass is 299 g/mol. The van der Waals surface area contributed by atoms with Crippen molar-refractivity contribution < 1.29 is 14.9 Å². The van der Waals surface area contributed by atoms with E-state index in [1.165, 1.54) is 11.1 Å². The molecule has 0 saturated heterocycles. The minimum atomic E-state index is -0.0319. The first-order chi connectivity index (χ1) is 10.7. The van der Waals surface area contributed by atoms with Gasteiger partial charge in [0.15, 0.2) is 11.5 Å². The molecule has 4 heteroatoms. The predicted molar refractivity (Wildman–Crippen MR) is 85.0 cm³/mol. The van der Waals surface area contributed by atoms with Crippen LogP contribution in [0.5, 0.6) is 11.5 Å². The standard InChI is InChI=1S/C18H21NO3/c1-22-17-8-4-6-14(18(17)21)11-19-10-9-13-5-2-3-7-15(13)16(19)12-20/h2-8,16,20-21H,9-12H2,1H3. The average Bonchev–Trinajstić information content (AvgIpc) is 2.56. The highest BCUT2D eigenvalue weighted by molar-refractivity contribution is 5.45. The van der Waals surface area contributed by atoms with E-state index in [4.69, 9.17) is 4.74 Å². The lowest BCUT2D eigenvalue weighted by molar-refractivity contribution is 0.107. The van der Waals surface area contributed by atoms with Crippen molar-refractivity contribution in [3.05, 3.63) is 59.2 Å². The maximum Gasteiger partial charge on any atom is 0.162 e. The van der Waals surface area contributed by atoms with Gasteiger partial charge in [0.2, 0.25) is 0 Å². The van der Waals surface area contributed by atoms with Crippen molar-refractivity contribution in [1.29, 1.82) is 0 Å². The first kappa shape index (κ1) is 14.9. The second-order valence-corrected chi connectivity index (χ2v) is 5.59.